The highest BCUT2D eigenvalue weighted by Crippen LogP contribution is 2.21. The Balaban J connectivity index is 3.18. The summed E-state index contributed by atoms with van der Waals surface area (Å²) in [6.45, 7) is 7.40. The Hall–Kier alpha value is -1.01. The van der Waals surface area contributed by atoms with Crippen LogP contribution in [0.5, 0.6) is 0 Å². The minimum atomic E-state index is 0.785. The van der Waals surface area contributed by atoms with Crippen molar-refractivity contribution in [3.8, 4) is 0 Å². The SMILES string of the molecule is C=CCc1c(Cl)cccc1C=C. The summed E-state index contributed by atoms with van der Waals surface area (Å²) in [7, 11) is 0. The van der Waals surface area contributed by atoms with Crippen LogP contribution in [-0.2, 0) is 6.42 Å². The number of allylic oxidation sites excluding steroid dienone is 1. The molecular formula is C11H11Cl. The summed E-state index contributed by atoms with van der Waals surface area (Å²) < 4.78 is 0. The average molecular weight is 179 g/mol. The lowest BCUT2D eigenvalue weighted by molar-refractivity contribution is 1.26. The first-order chi connectivity index (χ1) is 5.79. The van der Waals surface area contributed by atoms with Crippen molar-refractivity contribution in [3.05, 3.63) is 53.6 Å². The second kappa shape index (κ2) is 4.13. The van der Waals surface area contributed by atoms with Crippen LogP contribution in [0.4, 0.5) is 0 Å². The normalized spacial score (nSPS) is 9.42. The number of benzene rings is 1. The zero-order chi connectivity index (χ0) is 8.97. The second-order valence-electron chi connectivity index (χ2n) is 2.50. The van der Waals surface area contributed by atoms with Gasteiger partial charge >= 0.3 is 0 Å². The highest BCUT2D eigenvalue weighted by molar-refractivity contribution is 6.31. The Kier molecular flexibility index (Phi) is 3.12. The highest BCUT2D eigenvalue weighted by atomic mass is 35.5. The molecule has 0 spiro atoms. The third kappa shape index (κ3) is 1.77. The van der Waals surface area contributed by atoms with Gasteiger partial charge in [-0.3, -0.25) is 0 Å². The van der Waals surface area contributed by atoms with Crippen LogP contribution in [0.25, 0.3) is 6.08 Å². The molecule has 0 atom stereocenters. The first-order valence-corrected chi connectivity index (χ1v) is 4.18. The average Bonchev–Trinajstić information content (AvgIpc) is 2.09. The first-order valence-electron chi connectivity index (χ1n) is 3.80. The van der Waals surface area contributed by atoms with E-state index >= 15 is 0 Å². The van der Waals surface area contributed by atoms with E-state index in [0.717, 1.165) is 22.6 Å². The van der Waals surface area contributed by atoms with Crippen molar-refractivity contribution < 1.29 is 0 Å². The Labute approximate surface area is 78.2 Å². The fourth-order valence-electron chi connectivity index (χ4n) is 1.13. The maximum atomic E-state index is 5.99. The Morgan fingerprint density at radius 2 is 2.08 bits per heavy atom. The molecule has 0 aromatic heterocycles. The molecule has 0 saturated carbocycles. The van der Waals surface area contributed by atoms with Crippen molar-refractivity contribution in [3.63, 3.8) is 0 Å². The molecule has 0 fully saturated rings. The van der Waals surface area contributed by atoms with Gasteiger partial charge in [-0.25, -0.2) is 0 Å². The van der Waals surface area contributed by atoms with Crippen LogP contribution in [-0.4, -0.2) is 0 Å². The van der Waals surface area contributed by atoms with E-state index in [1.54, 1.807) is 0 Å². The summed E-state index contributed by atoms with van der Waals surface area (Å²) in [6, 6.07) is 5.80. The maximum absolute atomic E-state index is 5.99. The van der Waals surface area contributed by atoms with Crippen LogP contribution in [0.15, 0.2) is 37.4 Å². The molecular weight excluding hydrogens is 168 g/mol. The largest absolute Gasteiger partial charge is 0.103 e. The summed E-state index contributed by atoms with van der Waals surface area (Å²) in [6.07, 6.45) is 4.44. The van der Waals surface area contributed by atoms with Crippen molar-refractivity contribution in [1.29, 1.82) is 0 Å². The van der Waals surface area contributed by atoms with E-state index in [0.29, 0.717) is 0 Å². The number of halogens is 1. The molecule has 0 aliphatic carbocycles. The van der Waals surface area contributed by atoms with Crippen LogP contribution < -0.4 is 0 Å². The Morgan fingerprint density at radius 1 is 1.33 bits per heavy atom. The Bertz CT molecular complexity index is 300. The Morgan fingerprint density at radius 3 is 2.67 bits per heavy atom. The number of hydrogen-bond acceptors (Lipinski definition) is 0. The fraction of sp³-hybridized carbons (Fsp3) is 0.0909. The molecule has 0 heterocycles. The van der Waals surface area contributed by atoms with Crippen molar-refractivity contribution in [2.24, 2.45) is 0 Å². The van der Waals surface area contributed by atoms with Gasteiger partial charge in [-0.1, -0.05) is 42.5 Å². The predicted octanol–water partition coefficient (Wildman–Crippen LogP) is 3.71. The highest BCUT2D eigenvalue weighted by Gasteiger charge is 2.01. The lowest BCUT2D eigenvalue weighted by Gasteiger charge is -2.04. The van der Waals surface area contributed by atoms with E-state index in [9.17, 15) is 0 Å². The zero-order valence-electron chi connectivity index (χ0n) is 6.89. The van der Waals surface area contributed by atoms with E-state index in [-0.39, 0.29) is 0 Å². The molecule has 1 aromatic rings. The quantitative estimate of drug-likeness (QED) is 0.619. The smallest absolute Gasteiger partial charge is 0.0447 e. The molecule has 0 bridgehead atoms. The molecule has 0 nitrogen and oxygen atoms in total. The maximum Gasteiger partial charge on any atom is 0.0447 e. The molecule has 0 unspecified atom stereocenters. The van der Waals surface area contributed by atoms with Gasteiger partial charge in [0, 0.05) is 5.02 Å². The standard InChI is InChI=1S/C11H11Cl/c1-3-6-10-9(4-2)7-5-8-11(10)12/h3-5,7-8H,1-2,6H2. The molecule has 0 N–H and O–H groups in total. The predicted molar refractivity (Wildman–Crippen MR) is 55.4 cm³/mol. The fourth-order valence-corrected chi connectivity index (χ4v) is 1.39. The third-order valence-corrected chi connectivity index (χ3v) is 2.08. The van der Waals surface area contributed by atoms with Gasteiger partial charge in [0.25, 0.3) is 0 Å². The van der Waals surface area contributed by atoms with Crippen molar-refractivity contribution >= 4 is 17.7 Å². The van der Waals surface area contributed by atoms with Crippen molar-refractivity contribution in [2.75, 3.05) is 0 Å². The van der Waals surface area contributed by atoms with E-state index in [4.69, 9.17) is 11.6 Å². The van der Waals surface area contributed by atoms with Crippen molar-refractivity contribution in [1.82, 2.24) is 0 Å². The minimum absolute atomic E-state index is 0.785. The van der Waals surface area contributed by atoms with Crippen LogP contribution in [0, 0.1) is 0 Å². The van der Waals surface area contributed by atoms with Crippen LogP contribution in [0.1, 0.15) is 11.1 Å². The van der Waals surface area contributed by atoms with E-state index in [1.807, 2.05) is 30.4 Å². The van der Waals surface area contributed by atoms with Gasteiger partial charge in [-0.15, -0.1) is 6.58 Å². The van der Waals surface area contributed by atoms with E-state index in [2.05, 4.69) is 13.2 Å². The summed E-state index contributed by atoms with van der Waals surface area (Å²) in [4.78, 5) is 0. The lowest BCUT2D eigenvalue weighted by atomic mass is 10.0. The second-order valence-corrected chi connectivity index (χ2v) is 2.91. The van der Waals surface area contributed by atoms with Gasteiger partial charge in [0.05, 0.1) is 0 Å². The summed E-state index contributed by atoms with van der Waals surface area (Å²) in [5, 5.41) is 0.785. The third-order valence-electron chi connectivity index (χ3n) is 1.72. The molecule has 1 heteroatoms. The van der Waals surface area contributed by atoms with Gasteiger partial charge < -0.3 is 0 Å². The molecule has 12 heavy (non-hydrogen) atoms. The van der Waals surface area contributed by atoms with E-state index < -0.39 is 0 Å². The summed E-state index contributed by atoms with van der Waals surface area (Å²) in [5.74, 6) is 0. The zero-order valence-corrected chi connectivity index (χ0v) is 7.64. The van der Waals surface area contributed by atoms with Crippen LogP contribution in [0.3, 0.4) is 0 Å². The van der Waals surface area contributed by atoms with Gasteiger partial charge in [0.15, 0.2) is 0 Å². The van der Waals surface area contributed by atoms with Gasteiger partial charge in [0.2, 0.25) is 0 Å². The molecule has 62 valence electrons. The first kappa shape index (κ1) is 9.08. The summed E-state index contributed by atoms with van der Waals surface area (Å²) in [5.41, 5.74) is 2.19. The van der Waals surface area contributed by atoms with Gasteiger partial charge in [-0.05, 0) is 23.6 Å². The van der Waals surface area contributed by atoms with Gasteiger partial charge in [0.1, 0.15) is 0 Å². The summed E-state index contributed by atoms with van der Waals surface area (Å²) >= 11 is 5.99. The van der Waals surface area contributed by atoms with E-state index in [1.165, 1.54) is 0 Å². The topological polar surface area (TPSA) is 0 Å². The molecule has 0 aliphatic rings. The van der Waals surface area contributed by atoms with Gasteiger partial charge in [-0.2, -0.15) is 0 Å². The van der Waals surface area contributed by atoms with Crippen molar-refractivity contribution in [2.45, 2.75) is 6.42 Å². The molecule has 0 radical (unpaired) electrons. The molecule has 0 aliphatic heterocycles. The molecule has 0 amide bonds. The number of hydrogen-bond donors (Lipinski definition) is 0. The number of rotatable bonds is 3. The molecule has 1 aromatic carbocycles. The minimum Gasteiger partial charge on any atom is -0.103 e. The lowest BCUT2D eigenvalue weighted by Crippen LogP contribution is -1.87. The molecule has 1 rings (SSSR count). The van der Waals surface area contributed by atoms with Crippen LogP contribution in [0.2, 0.25) is 5.02 Å². The van der Waals surface area contributed by atoms with Crippen LogP contribution >= 0.6 is 11.6 Å². The monoisotopic (exact) mass is 178 g/mol. The molecule has 0 saturated heterocycles.